The summed E-state index contributed by atoms with van der Waals surface area (Å²) >= 11 is 3.38. The number of halogens is 1. The van der Waals surface area contributed by atoms with Crippen LogP contribution in [0, 0.1) is 0 Å². The number of nitrogens with one attached hydrogen (secondary N) is 2. The fraction of sp³-hybridized carbons (Fsp3) is 0.400. The lowest BCUT2D eigenvalue weighted by molar-refractivity contribution is -0.137. The van der Waals surface area contributed by atoms with Gasteiger partial charge in [-0.25, -0.2) is 0 Å². The van der Waals surface area contributed by atoms with Crippen molar-refractivity contribution >= 4 is 33.7 Å². The molecular weight excluding hydrogens is 336 g/mol. The monoisotopic (exact) mass is 350 g/mol. The van der Waals surface area contributed by atoms with Gasteiger partial charge in [0.15, 0.2) is 0 Å². The van der Waals surface area contributed by atoms with Gasteiger partial charge in [0.1, 0.15) is 6.04 Å². The Bertz CT molecular complexity index is 608. The molecule has 5 nitrogen and oxygen atoms in total. The minimum atomic E-state index is -0.608. The van der Waals surface area contributed by atoms with Crippen molar-refractivity contribution in [3.63, 3.8) is 0 Å². The van der Waals surface area contributed by atoms with Gasteiger partial charge in [0.05, 0.1) is 5.41 Å². The van der Waals surface area contributed by atoms with Crippen molar-refractivity contribution in [3.05, 3.63) is 34.3 Å². The smallest absolute Gasteiger partial charge is 0.249 e. The maximum atomic E-state index is 12.5. The Morgan fingerprint density at radius 2 is 1.90 bits per heavy atom. The Hall–Kier alpha value is -1.69. The number of hydrogen-bond donors (Lipinski definition) is 2. The summed E-state index contributed by atoms with van der Waals surface area (Å²) in [5.41, 5.74) is 0.457. The third kappa shape index (κ3) is 2.72. The second kappa shape index (κ2) is 5.26. The minimum Gasteiger partial charge on any atom is -0.344 e. The van der Waals surface area contributed by atoms with Crippen LogP contribution in [-0.2, 0) is 19.8 Å². The molecule has 1 unspecified atom stereocenters. The molecule has 2 fully saturated rings. The Morgan fingerprint density at radius 3 is 2.48 bits per heavy atom. The molecule has 3 amide bonds. The first-order chi connectivity index (χ1) is 10.0. The van der Waals surface area contributed by atoms with Crippen LogP contribution in [0.3, 0.4) is 0 Å². The molecule has 2 aliphatic rings. The largest absolute Gasteiger partial charge is 0.344 e. The lowest BCUT2D eigenvalue weighted by atomic mass is 9.94. The van der Waals surface area contributed by atoms with E-state index in [9.17, 15) is 14.4 Å². The molecule has 0 radical (unpaired) electrons. The van der Waals surface area contributed by atoms with Crippen LogP contribution in [0.15, 0.2) is 28.7 Å². The standard InChI is InChI=1S/C15H15BrN2O3/c16-10-3-1-9(2-4-10)15(7-8-15)14(21)17-11-5-6-12(19)18-13(11)20/h1-4,11H,5-8H2,(H,17,21)(H,18,19,20). The minimum absolute atomic E-state index is 0.126. The van der Waals surface area contributed by atoms with Gasteiger partial charge in [-0.05, 0) is 37.0 Å². The molecule has 1 heterocycles. The van der Waals surface area contributed by atoms with E-state index < -0.39 is 17.4 Å². The maximum absolute atomic E-state index is 12.5. The van der Waals surface area contributed by atoms with Crippen molar-refractivity contribution in [2.24, 2.45) is 0 Å². The third-order valence-electron chi connectivity index (χ3n) is 4.13. The molecule has 1 aromatic carbocycles. The zero-order valence-corrected chi connectivity index (χ0v) is 12.9. The van der Waals surface area contributed by atoms with Crippen LogP contribution < -0.4 is 10.6 Å². The third-order valence-corrected chi connectivity index (χ3v) is 4.65. The Labute approximate surface area is 130 Å². The number of rotatable bonds is 3. The van der Waals surface area contributed by atoms with Crippen LogP contribution in [0.4, 0.5) is 0 Å². The molecule has 0 spiro atoms. The van der Waals surface area contributed by atoms with Crippen LogP contribution in [0.1, 0.15) is 31.2 Å². The van der Waals surface area contributed by atoms with Gasteiger partial charge in [0.2, 0.25) is 17.7 Å². The van der Waals surface area contributed by atoms with Crippen molar-refractivity contribution in [1.82, 2.24) is 10.6 Å². The first-order valence-electron chi connectivity index (χ1n) is 6.92. The van der Waals surface area contributed by atoms with Gasteiger partial charge in [0, 0.05) is 10.9 Å². The summed E-state index contributed by atoms with van der Waals surface area (Å²) in [6.07, 6.45) is 2.20. The molecule has 3 rings (SSSR count). The quantitative estimate of drug-likeness (QED) is 0.809. The molecule has 110 valence electrons. The molecule has 0 bridgehead atoms. The Kier molecular flexibility index (Phi) is 3.57. The van der Waals surface area contributed by atoms with Crippen molar-refractivity contribution < 1.29 is 14.4 Å². The predicted molar refractivity (Wildman–Crippen MR) is 79.4 cm³/mol. The molecule has 1 aromatic rings. The second-order valence-electron chi connectivity index (χ2n) is 5.57. The average molecular weight is 351 g/mol. The second-order valence-corrected chi connectivity index (χ2v) is 6.48. The number of carbonyl (C=O) groups is 3. The number of carbonyl (C=O) groups excluding carboxylic acids is 3. The molecule has 6 heteroatoms. The van der Waals surface area contributed by atoms with Crippen LogP contribution in [-0.4, -0.2) is 23.8 Å². The Balaban J connectivity index is 1.72. The van der Waals surface area contributed by atoms with E-state index in [0.29, 0.717) is 6.42 Å². The topological polar surface area (TPSA) is 75.3 Å². The number of benzene rings is 1. The fourth-order valence-corrected chi connectivity index (χ4v) is 2.93. The zero-order valence-electron chi connectivity index (χ0n) is 11.3. The molecule has 0 aromatic heterocycles. The molecule has 1 aliphatic heterocycles. The number of amides is 3. The molecular formula is C15H15BrN2O3. The summed E-state index contributed by atoms with van der Waals surface area (Å²) in [7, 11) is 0. The molecule has 2 N–H and O–H groups in total. The predicted octanol–water partition coefficient (Wildman–Crippen LogP) is 1.40. The van der Waals surface area contributed by atoms with Gasteiger partial charge >= 0.3 is 0 Å². The van der Waals surface area contributed by atoms with E-state index in [1.54, 1.807) is 0 Å². The highest BCUT2D eigenvalue weighted by molar-refractivity contribution is 9.10. The zero-order chi connectivity index (χ0) is 15.0. The van der Waals surface area contributed by atoms with Gasteiger partial charge in [0.25, 0.3) is 0 Å². The lowest BCUT2D eigenvalue weighted by Gasteiger charge is -2.24. The van der Waals surface area contributed by atoms with Gasteiger partial charge in [-0.1, -0.05) is 28.1 Å². The van der Waals surface area contributed by atoms with E-state index in [1.807, 2.05) is 24.3 Å². The van der Waals surface area contributed by atoms with Crippen LogP contribution >= 0.6 is 15.9 Å². The highest BCUT2D eigenvalue weighted by Gasteiger charge is 2.52. The summed E-state index contributed by atoms with van der Waals surface area (Å²) in [6, 6.07) is 7.08. The summed E-state index contributed by atoms with van der Waals surface area (Å²) in [5, 5.41) is 5.05. The normalized spacial score (nSPS) is 23.4. The lowest BCUT2D eigenvalue weighted by Crippen LogP contribution is -2.54. The molecule has 1 saturated carbocycles. The van der Waals surface area contributed by atoms with Gasteiger partial charge in [-0.15, -0.1) is 0 Å². The highest BCUT2D eigenvalue weighted by Crippen LogP contribution is 2.48. The van der Waals surface area contributed by atoms with Crippen molar-refractivity contribution in [2.75, 3.05) is 0 Å². The van der Waals surface area contributed by atoms with Crippen molar-refractivity contribution in [1.29, 1.82) is 0 Å². The molecule has 21 heavy (non-hydrogen) atoms. The Morgan fingerprint density at radius 1 is 1.24 bits per heavy atom. The van der Waals surface area contributed by atoms with E-state index in [2.05, 4.69) is 26.6 Å². The van der Waals surface area contributed by atoms with E-state index in [0.717, 1.165) is 22.9 Å². The average Bonchev–Trinajstić information content (AvgIpc) is 3.24. The van der Waals surface area contributed by atoms with Crippen LogP contribution in [0.5, 0.6) is 0 Å². The highest BCUT2D eigenvalue weighted by atomic mass is 79.9. The summed E-state index contributed by atoms with van der Waals surface area (Å²) < 4.78 is 0.965. The summed E-state index contributed by atoms with van der Waals surface area (Å²) in [5.74, 6) is -0.815. The molecule has 1 saturated heterocycles. The number of hydrogen-bond acceptors (Lipinski definition) is 3. The number of piperidine rings is 1. The summed E-state index contributed by atoms with van der Waals surface area (Å²) in [4.78, 5) is 35.4. The van der Waals surface area contributed by atoms with E-state index in [-0.39, 0.29) is 18.2 Å². The van der Waals surface area contributed by atoms with Crippen molar-refractivity contribution in [3.8, 4) is 0 Å². The summed E-state index contributed by atoms with van der Waals surface area (Å²) in [6.45, 7) is 0. The maximum Gasteiger partial charge on any atom is 0.249 e. The first kappa shape index (κ1) is 14.3. The van der Waals surface area contributed by atoms with Gasteiger partial charge in [-0.3, -0.25) is 19.7 Å². The van der Waals surface area contributed by atoms with Gasteiger partial charge < -0.3 is 5.32 Å². The first-order valence-corrected chi connectivity index (χ1v) is 7.71. The number of imide groups is 1. The van der Waals surface area contributed by atoms with E-state index in [1.165, 1.54) is 0 Å². The fourth-order valence-electron chi connectivity index (χ4n) is 2.67. The van der Waals surface area contributed by atoms with E-state index in [4.69, 9.17) is 0 Å². The van der Waals surface area contributed by atoms with Gasteiger partial charge in [-0.2, -0.15) is 0 Å². The van der Waals surface area contributed by atoms with Crippen molar-refractivity contribution in [2.45, 2.75) is 37.1 Å². The SMILES string of the molecule is O=C1CCC(NC(=O)C2(c3ccc(Br)cc3)CC2)C(=O)N1. The van der Waals surface area contributed by atoms with Crippen LogP contribution in [0.2, 0.25) is 0 Å². The molecule has 1 atom stereocenters. The van der Waals surface area contributed by atoms with E-state index >= 15 is 0 Å². The molecule has 1 aliphatic carbocycles. The van der Waals surface area contributed by atoms with Crippen LogP contribution in [0.25, 0.3) is 0 Å².